The normalized spacial score (nSPS) is 28.2. The highest BCUT2D eigenvalue weighted by Crippen LogP contribution is 2.31. The molecule has 1 N–H and O–H groups in total. The molecule has 1 aliphatic rings. The number of thioether (sulfide) groups is 1. The molecule has 13 heavy (non-hydrogen) atoms. The van der Waals surface area contributed by atoms with Gasteiger partial charge in [-0.05, 0) is 13.0 Å². The Balaban J connectivity index is 2.01. The number of aliphatic hydroxyl groups is 1. The molecule has 1 aromatic heterocycles. The number of rotatable bonds is 2. The van der Waals surface area contributed by atoms with Crippen LogP contribution in [0.1, 0.15) is 5.76 Å². The van der Waals surface area contributed by atoms with Crippen LogP contribution in [0.2, 0.25) is 0 Å². The summed E-state index contributed by atoms with van der Waals surface area (Å²) < 4.78 is 10.3. The molecule has 0 unspecified atom stereocenters. The number of aliphatic hydroxyl groups excluding tert-OH is 1. The van der Waals surface area contributed by atoms with Crippen LogP contribution < -0.4 is 0 Å². The van der Waals surface area contributed by atoms with E-state index in [-0.39, 0.29) is 11.4 Å². The fourth-order valence-corrected chi connectivity index (χ4v) is 2.37. The standard InChI is InChI=1S/C9H12O3S/c1-6-8(2-3-12-6)13-9-5-11-4-7(9)10/h2-3,7,9-10H,4-5H2,1H3/t7-,9-/m1/s1. The maximum Gasteiger partial charge on any atom is 0.114 e. The molecule has 0 bridgehead atoms. The van der Waals surface area contributed by atoms with Crippen molar-refractivity contribution in [2.24, 2.45) is 0 Å². The van der Waals surface area contributed by atoms with E-state index in [0.717, 1.165) is 10.7 Å². The zero-order valence-corrected chi connectivity index (χ0v) is 8.21. The third kappa shape index (κ3) is 1.90. The van der Waals surface area contributed by atoms with E-state index in [9.17, 15) is 5.11 Å². The molecule has 2 rings (SSSR count). The summed E-state index contributed by atoms with van der Waals surface area (Å²) in [6.45, 7) is 3.00. The van der Waals surface area contributed by atoms with Crippen molar-refractivity contribution in [1.29, 1.82) is 0 Å². The van der Waals surface area contributed by atoms with Gasteiger partial charge in [-0.15, -0.1) is 11.8 Å². The van der Waals surface area contributed by atoms with Crippen LogP contribution in [0.15, 0.2) is 21.6 Å². The van der Waals surface area contributed by atoms with Crippen LogP contribution in [-0.2, 0) is 4.74 Å². The first-order valence-corrected chi connectivity index (χ1v) is 5.12. The van der Waals surface area contributed by atoms with E-state index < -0.39 is 0 Å². The van der Waals surface area contributed by atoms with Crippen molar-refractivity contribution in [3.05, 3.63) is 18.1 Å². The van der Waals surface area contributed by atoms with Gasteiger partial charge in [0.2, 0.25) is 0 Å². The first-order valence-electron chi connectivity index (χ1n) is 4.24. The van der Waals surface area contributed by atoms with Crippen LogP contribution in [-0.4, -0.2) is 29.7 Å². The summed E-state index contributed by atoms with van der Waals surface area (Å²) in [6.07, 6.45) is 1.32. The summed E-state index contributed by atoms with van der Waals surface area (Å²) in [6, 6.07) is 1.92. The molecule has 2 atom stereocenters. The summed E-state index contributed by atoms with van der Waals surface area (Å²) >= 11 is 1.62. The quantitative estimate of drug-likeness (QED) is 0.784. The first kappa shape index (κ1) is 9.12. The lowest BCUT2D eigenvalue weighted by Crippen LogP contribution is -2.19. The van der Waals surface area contributed by atoms with Crippen molar-refractivity contribution in [3.63, 3.8) is 0 Å². The van der Waals surface area contributed by atoms with Crippen molar-refractivity contribution in [2.75, 3.05) is 13.2 Å². The third-order valence-corrected chi connectivity index (χ3v) is 3.52. The maximum atomic E-state index is 9.50. The van der Waals surface area contributed by atoms with Crippen molar-refractivity contribution in [1.82, 2.24) is 0 Å². The molecule has 4 heteroatoms. The second kappa shape index (κ2) is 3.74. The van der Waals surface area contributed by atoms with Crippen LogP contribution in [0.3, 0.4) is 0 Å². The van der Waals surface area contributed by atoms with Gasteiger partial charge in [-0.2, -0.15) is 0 Å². The van der Waals surface area contributed by atoms with E-state index in [1.165, 1.54) is 0 Å². The molecule has 3 nitrogen and oxygen atoms in total. The van der Waals surface area contributed by atoms with E-state index in [0.29, 0.717) is 13.2 Å². The van der Waals surface area contributed by atoms with Crippen LogP contribution in [0.5, 0.6) is 0 Å². The zero-order valence-electron chi connectivity index (χ0n) is 7.40. The van der Waals surface area contributed by atoms with Gasteiger partial charge in [-0.3, -0.25) is 0 Å². The van der Waals surface area contributed by atoms with E-state index in [2.05, 4.69) is 0 Å². The second-order valence-electron chi connectivity index (χ2n) is 3.10. The molecule has 0 amide bonds. The van der Waals surface area contributed by atoms with Gasteiger partial charge < -0.3 is 14.3 Å². The van der Waals surface area contributed by atoms with Crippen LogP contribution in [0, 0.1) is 6.92 Å². The SMILES string of the molecule is Cc1occc1S[C@@H]1COC[C@H]1O. The highest BCUT2D eigenvalue weighted by molar-refractivity contribution is 8.00. The molecule has 0 saturated carbocycles. The summed E-state index contributed by atoms with van der Waals surface area (Å²) in [5, 5.41) is 9.65. The Morgan fingerprint density at radius 1 is 1.54 bits per heavy atom. The third-order valence-electron chi connectivity index (χ3n) is 2.09. The maximum absolute atomic E-state index is 9.50. The van der Waals surface area contributed by atoms with Crippen LogP contribution in [0.25, 0.3) is 0 Å². The molecule has 0 spiro atoms. The van der Waals surface area contributed by atoms with Gasteiger partial charge in [0, 0.05) is 4.90 Å². The van der Waals surface area contributed by atoms with E-state index >= 15 is 0 Å². The molecular weight excluding hydrogens is 188 g/mol. The van der Waals surface area contributed by atoms with Crippen molar-refractivity contribution in [2.45, 2.75) is 23.2 Å². The Hall–Kier alpha value is -0.450. The molecule has 1 aliphatic heterocycles. The van der Waals surface area contributed by atoms with Crippen molar-refractivity contribution < 1.29 is 14.3 Å². The summed E-state index contributed by atoms with van der Waals surface area (Å²) in [5.74, 6) is 0.907. The predicted molar refractivity (Wildman–Crippen MR) is 49.9 cm³/mol. The number of ether oxygens (including phenoxy) is 1. The average molecular weight is 200 g/mol. The molecule has 1 saturated heterocycles. The molecule has 0 aromatic carbocycles. The number of furan rings is 1. The lowest BCUT2D eigenvalue weighted by Gasteiger charge is -2.10. The topological polar surface area (TPSA) is 42.6 Å². The molecule has 72 valence electrons. The fraction of sp³-hybridized carbons (Fsp3) is 0.556. The highest BCUT2D eigenvalue weighted by Gasteiger charge is 2.27. The summed E-state index contributed by atoms with van der Waals surface area (Å²) in [4.78, 5) is 1.09. The number of aryl methyl sites for hydroxylation is 1. The Labute approximate surface area is 81.1 Å². The minimum atomic E-state index is -0.348. The minimum Gasteiger partial charge on any atom is -0.468 e. The molecule has 0 radical (unpaired) electrons. The molecule has 2 heterocycles. The van der Waals surface area contributed by atoms with E-state index in [1.54, 1.807) is 18.0 Å². The number of hydrogen-bond donors (Lipinski definition) is 1. The van der Waals surface area contributed by atoms with Gasteiger partial charge in [-0.1, -0.05) is 0 Å². The predicted octanol–water partition coefficient (Wildman–Crippen LogP) is 1.44. The molecular formula is C9H12O3S. The van der Waals surface area contributed by atoms with Gasteiger partial charge in [-0.25, -0.2) is 0 Å². The average Bonchev–Trinajstić information content (AvgIpc) is 2.65. The first-order chi connectivity index (χ1) is 6.27. The minimum absolute atomic E-state index is 0.149. The highest BCUT2D eigenvalue weighted by atomic mass is 32.2. The van der Waals surface area contributed by atoms with Crippen LogP contribution >= 0.6 is 11.8 Å². The Morgan fingerprint density at radius 3 is 2.92 bits per heavy atom. The molecule has 1 fully saturated rings. The zero-order chi connectivity index (χ0) is 9.26. The lowest BCUT2D eigenvalue weighted by atomic mass is 10.3. The van der Waals surface area contributed by atoms with E-state index in [1.807, 2.05) is 13.0 Å². The monoisotopic (exact) mass is 200 g/mol. The molecule has 1 aromatic rings. The smallest absolute Gasteiger partial charge is 0.114 e. The van der Waals surface area contributed by atoms with Gasteiger partial charge in [0.15, 0.2) is 0 Å². The Morgan fingerprint density at radius 2 is 2.38 bits per heavy atom. The fourth-order valence-electron chi connectivity index (χ4n) is 1.29. The number of hydrogen-bond acceptors (Lipinski definition) is 4. The molecule has 0 aliphatic carbocycles. The van der Waals surface area contributed by atoms with Gasteiger partial charge in [0.05, 0.1) is 30.8 Å². The van der Waals surface area contributed by atoms with E-state index in [4.69, 9.17) is 9.15 Å². The van der Waals surface area contributed by atoms with Crippen LogP contribution in [0.4, 0.5) is 0 Å². The van der Waals surface area contributed by atoms with Gasteiger partial charge in [0.1, 0.15) is 5.76 Å². The largest absolute Gasteiger partial charge is 0.468 e. The Bertz CT molecular complexity index is 284. The summed E-state index contributed by atoms with van der Waals surface area (Å²) in [7, 11) is 0. The lowest BCUT2D eigenvalue weighted by molar-refractivity contribution is 0.127. The Kier molecular flexibility index (Phi) is 2.62. The van der Waals surface area contributed by atoms with Crippen molar-refractivity contribution >= 4 is 11.8 Å². The summed E-state index contributed by atoms with van der Waals surface area (Å²) in [5.41, 5.74) is 0. The van der Waals surface area contributed by atoms with Gasteiger partial charge in [0.25, 0.3) is 0 Å². The second-order valence-corrected chi connectivity index (χ2v) is 4.38. The van der Waals surface area contributed by atoms with Gasteiger partial charge >= 0.3 is 0 Å². The van der Waals surface area contributed by atoms with Crippen molar-refractivity contribution in [3.8, 4) is 0 Å².